The van der Waals surface area contributed by atoms with Gasteiger partial charge in [-0.15, -0.1) is 0 Å². The van der Waals surface area contributed by atoms with Crippen molar-refractivity contribution in [1.29, 1.82) is 0 Å². The Labute approximate surface area is 251 Å². The monoisotopic (exact) mass is 684 g/mol. The first-order valence-electron chi connectivity index (χ1n) is 14.1. The van der Waals surface area contributed by atoms with E-state index in [4.69, 9.17) is 31.0 Å². The molecule has 1 aromatic rings. The Kier molecular flexibility index (Phi) is 11.7. The molecule has 11 nitrogen and oxygen atoms in total. The van der Waals surface area contributed by atoms with Crippen LogP contribution in [-0.4, -0.2) is 76.1 Å². The molecule has 2 rings (SSSR count). The van der Waals surface area contributed by atoms with Gasteiger partial charge >= 0.3 is 13.5 Å². The number of rotatable bonds is 14. The van der Waals surface area contributed by atoms with Crippen LogP contribution in [0.4, 0.5) is 0 Å². The van der Waals surface area contributed by atoms with Crippen molar-refractivity contribution in [3.8, 4) is 5.88 Å². The van der Waals surface area contributed by atoms with Crippen molar-refractivity contribution in [2.24, 2.45) is 0 Å². The lowest BCUT2D eigenvalue weighted by atomic mass is 10.1. The highest BCUT2D eigenvalue weighted by Crippen LogP contribution is 2.54. The molecule has 0 aliphatic carbocycles. The molecule has 0 aromatic carbocycles. The van der Waals surface area contributed by atoms with Crippen LogP contribution in [0, 0.1) is 0 Å². The van der Waals surface area contributed by atoms with E-state index in [9.17, 15) is 9.36 Å². The van der Waals surface area contributed by atoms with E-state index in [1.807, 2.05) is 58.9 Å². The lowest BCUT2D eigenvalue weighted by Crippen LogP contribution is -2.48. The van der Waals surface area contributed by atoms with Gasteiger partial charge in [0.1, 0.15) is 18.3 Å². The topological polar surface area (TPSA) is 117 Å². The maximum atomic E-state index is 13.9. The normalized spacial score (nSPS) is 23.2. The molecule has 0 bridgehead atoms. The van der Waals surface area contributed by atoms with Gasteiger partial charge in [-0.05, 0) is 98.2 Å². The van der Waals surface area contributed by atoms with E-state index >= 15 is 0 Å². The highest BCUT2D eigenvalue weighted by atomic mass is 31.2. The highest BCUT2D eigenvalue weighted by molar-refractivity contribution is 7.52. The average Bonchev–Trinajstić information content (AvgIpc) is 2.96. The van der Waals surface area contributed by atoms with Gasteiger partial charge in [-0.1, -0.05) is 0 Å². The summed E-state index contributed by atoms with van der Waals surface area (Å²) in [7, 11) is -14.8. The Hall–Kier alpha value is -0.246. The van der Waals surface area contributed by atoms with Crippen molar-refractivity contribution < 1.29 is 35.5 Å². The van der Waals surface area contributed by atoms with Crippen molar-refractivity contribution in [1.82, 2.24) is 9.55 Å². The first-order valence-corrected chi connectivity index (χ1v) is 32.6. The number of nitrogens with zero attached hydrogens (tertiary/aromatic N) is 2. The molecule has 1 aliphatic rings. The molecular formula is C24H53N2O9PSi5. The fourth-order valence-corrected chi connectivity index (χ4v) is 13.5. The van der Waals surface area contributed by atoms with Crippen LogP contribution in [0.1, 0.15) is 6.23 Å². The van der Waals surface area contributed by atoms with E-state index in [-0.39, 0.29) is 12.5 Å². The SMILES string of the molecule is C[Si](C)(C)Oc1ccn(C2OC(COP(=O)(O[Si](C)(C)C)O[Si](C)(C)C)C(O[Si](C)(C)C)C2O[Si](C)(C)C)c(=O)n1. The van der Waals surface area contributed by atoms with Crippen LogP contribution in [0.5, 0.6) is 5.88 Å². The quantitative estimate of drug-likeness (QED) is 0.156. The molecule has 0 saturated carbocycles. The van der Waals surface area contributed by atoms with Gasteiger partial charge in [-0.3, -0.25) is 9.09 Å². The molecule has 4 atom stereocenters. The summed E-state index contributed by atoms with van der Waals surface area (Å²) in [5.74, 6) is 0.286. The second kappa shape index (κ2) is 13.0. The molecule has 17 heteroatoms. The van der Waals surface area contributed by atoms with Crippen LogP contribution in [0.2, 0.25) is 98.2 Å². The molecule has 1 aromatic heterocycles. The summed E-state index contributed by atoms with van der Waals surface area (Å²) in [4.78, 5) is 17.5. The van der Waals surface area contributed by atoms with Crippen LogP contribution in [0.3, 0.4) is 0 Å². The zero-order valence-electron chi connectivity index (χ0n) is 27.7. The van der Waals surface area contributed by atoms with Gasteiger partial charge in [0, 0.05) is 12.3 Å². The van der Waals surface area contributed by atoms with Gasteiger partial charge < -0.3 is 26.4 Å². The minimum absolute atomic E-state index is 0.123. The second-order valence-electron chi connectivity index (χ2n) is 15.3. The summed E-state index contributed by atoms with van der Waals surface area (Å²) >= 11 is 0. The maximum absolute atomic E-state index is 13.9. The zero-order valence-corrected chi connectivity index (χ0v) is 33.6. The highest BCUT2D eigenvalue weighted by Gasteiger charge is 2.51. The predicted octanol–water partition coefficient (Wildman–Crippen LogP) is 6.62. The van der Waals surface area contributed by atoms with Crippen molar-refractivity contribution >= 4 is 49.4 Å². The fourth-order valence-electron chi connectivity index (χ4n) is 4.02. The van der Waals surface area contributed by atoms with E-state index in [2.05, 4.69) is 44.3 Å². The Morgan fingerprint density at radius 2 is 1.27 bits per heavy atom. The Morgan fingerprint density at radius 3 is 1.68 bits per heavy atom. The second-order valence-corrected chi connectivity index (χ2v) is 39.7. The summed E-state index contributed by atoms with van der Waals surface area (Å²) in [5.41, 5.74) is -0.516. The van der Waals surface area contributed by atoms with Crippen LogP contribution in [0.25, 0.3) is 0 Å². The Bertz CT molecular complexity index is 1120. The number of phosphoric acid groups is 1. The largest absolute Gasteiger partial charge is 0.531 e. The van der Waals surface area contributed by atoms with E-state index < -0.39 is 79.6 Å². The molecule has 0 N–H and O–H groups in total. The molecule has 0 amide bonds. The molecular weight excluding hydrogens is 632 g/mol. The van der Waals surface area contributed by atoms with Crippen LogP contribution < -0.4 is 10.1 Å². The number of ether oxygens (including phenoxy) is 1. The average molecular weight is 685 g/mol. The summed E-state index contributed by atoms with van der Waals surface area (Å²) in [6.45, 7) is 30.0. The standard InChI is InChI=1S/C24H53N2O9PSi5/c1-37(2,3)31-20-16-17-26(24(27)25-20)23-22(33-39(7,8)9)21(32-38(4,5)6)19(30-23)18-29-36(28,34-40(10,11)12)35-41(13,14)15/h16-17,19,21-23H,18H2,1-15H3. The van der Waals surface area contributed by atoms with Gasteiger partial charge in [0.05, 0.1) is 6.61 Å². The molecule has 0 radical (unpaired) electrons. The number of aromatic nitrogens is 2. The summed E-state index contributed by atoms with van der Waals surface area (Å²) in [6.07, 6.45) is -1.14. The zero-order chi connectivity index (χ0) is 31.8. The van der Waals surface area contributed by atoms with Gasteiger partial charge in [-0.25, -0.2) is 9.36 Å². The van der Waals surface area contributed by atoms with Crippen LogP contribution in [-0.2, 0) is 31.1 Å². The number of hydrogen-bond donors (Lipinski definition) is 0. The summed E-state index contributed by atoms with van der Waals surface area (Å²) in [5, 5.41) is 0. The lowest BCUT2D eigenvalue weighted by Gasteiger charge is -2.35. The third-order valence-electron chi connectivity index (χ3n) is 4.92. The molecule has 238 valence electrons. The third kappa shape index (κ3) is 13.1. The fraction of sp³-hybridized carbons (Fsp3) is 0.833. The van der Waals surface area contributed by atoms with Crippen LogP contribution >= 0.6 is 7.82 Å². The van der Waals surface area contributed by atoms with Crippen molar-refractivity contribution in [3.05, 3.63) is 22.7 Å². The lowest BCUT2D eigenvalue weighted by molar-refractivity contribution is -0.0512. The van der Waals surface area contributed by atoms with Crippen LogP contribution in [0.15, 0.2) is 17.1 Å². The minimum Gasteiger partial charge on any atom is -0.531 e. The van der Waals surface area contributed by atoms with Crippen molar-refractivity contribution in [2.75, 3.05) is 6.61 Å². The van der Waals surface area contributed by atoms with Gasteiger partial charge in [-0.2, -0.15) is 4.98 Å². The van der Waals surface area contributed by atoms with E-state index in [0.29, 0.717) is 0 Å². The van der Waals surface area contributed by atoms with E-state index in [0.717, 1.165) is 0 Å². The van der Waals surface area contributed by atoms with Crippen molar-refractivity contribution in [3.63, 3.8) is 0 Å². The first kappa shape index (κ1) is 36.9. The Morgan fingerprint density at radius 1 is 0.780 bits per heavy atom. The smallest absolute Gasteiger partial charge is 0.455 e. The summed E-state index contributed by atoms with van der Waals surface area (Å²) in [6, 6.07) is 1.67. The molecule has 0 spiro atoms. The third-order valence-corrected chi connectivity index (χ3v) is 14.3. The number of hydrogen-bond acceptors (Lipinski definition) is 10. The molecule has 41 heavy (non-hydrogen) atoms. The molecule has 2 heterocycles. The van der Waals surface area contributed by atoms with Gasteiger partial charge in [0.25, 0.3) is 0 Å². The predicted molar refractivity (Wildman–Crippen MR) is 175 cm³/mol. The molecule has 1 aliphatic heterocycles. The first-order chi connectivity index (χ1) is 18.2. The van der Waals surface area contributed by atoms with E-state index in [1.54, 1.807) is 12.3 Å². The molecule has 1 fully saturated rings. The van der Waals surface area contributed by atoms with Crippen molar-refractivity contribution in [2.45, 2.75) is 123 Å². The van der Waals surface area contributed by atoms with E-state index in [1.165, 1.54) is 4.57 Å². The van der Waals surface area contributed by atoms with Gasteiger partial charge in [0.15, 0.2) is 39.5 Å². The molecule has 4 unspecified atom stereocenters. The summed E-state index contributed by atoms with van der Waals surface area (Å²) < 4.78 is 59.0. The maximum Gasteiger partial charge on any atom is 0.455 e. The Balaban J connectivity index is 2.52. The van der Waals surface area contributed by atoms with Gasteiger partial charge in [0.2, 0.25) is 14.2 Å². The minimum atomic E-state index is -3.91. The molecule has 1 saturated heterocycles.